The van der Waals surface area contributed by atoms with Crippen molar-refractivity contribution in [1.82, 2.24) is 4.98 Å². The molecule has 2 rings (SSSR count). The van der Waals surface area contributed by atoms with E-state index in [0.717, 1.165) is 37.7 Å². The molecule has 1 aliphatic rings. The van der Waals surface area contributed by atoms with Crippen LogP contribution in [0.1, 0.15) is 25.0 Å². The third-order valence-corrected chi connectivity index (χ3v) is 2.55. The maximum atomic E-state index is 5.63. The van der Waals surface area contributed by atoms with Crippen molar-refractivity contribution >= 4 is 6.01 Å². The van der Waals surface area contributed by atoms with Crippen LogP contribution in [-0.2, 0) is 6.42 Å². The molecule has 2 N–H and O–H groups in total. The predicted octanol–water partition coefficient (Wildman–Crippen LogP) is 1.17. The van der Waals surface area contributed by atoms with Gasteiger partial charge in [-0.2, -0.15) is 0 Å². The van der Waals surface area contributed by atoms with Crippen LogP contribution in [0, 0.1) is 0 Å². The van der Waals surface area contributed by atoms with E-state index in [-0.39, 0.29) is 0 Å². The Hall–Kier alpha value is -1.03. The molecule has 0 aliphatic carbocycles. The highest BCUT2D eigenvalue weighted by molar-refractivity contribution is 5.27. The molecule has 0 bridgehead atoms. The Labute approximate surface area is 84.1 Å². The molecule has 1 aliphatic heterocycles. The van der Waals surface area contributed by atoms with Gasteiger partial charge in [0.2, 0.25) is 0 Å². The number of aromatic nitrogens is 1. The van der Waals surface area contributed by atoms with Gasteiger partial charge in [0.15, 0.2) is 0 Å². The molecule has 2 heterocycles. The fourth-order valence-corrected chi connectivity index (χ4v) is 1.74. The Morgan fingerprint density at radius 3 is 2.93 bits per heavy atom. The van der Waals surface area contributed by atoms with Crippen molar-refractivity contribution in [1.29, 1.82) is 0 Å². The zero-order chi connectivity index (χ0) is 9.80. The van der Waals surface area contributed by atoms with Gasteiger partial charge < -0.3 is 15.1 Å². The van der Waals surface area contributed by atoms with Crippen molar-refractivity contribution < 1.29 is 4.42 Å². The van der Waals surface area contributed by atoms with Crippen LogP contribution in [0.4, 0.5) is 6.01 Å². The van der Waals surface area contributed by atoms with Crippen LogP contribution in [0.25, 0.3) is 0 Å². The van der Waals surface area contributed by atoms with Crippen molar-refractivity contribution in [2.75, 3.05) is 24.5 Å². The smallest absolute Gasteiger partial charge is 0.297 e. The number of aryl methyl sites for hydroxylation is 1. The molecule has 1 fully saturated rings. The molecule has 14 heavy (non-hydrogen) atoms. The molecular weight excluding hydrogens is 178 g/mol. The fraction of sp³-hybridized carbons (Fsp3) is 0.700. The molecule has 4 nitrogen and oxygen atoms in total. The molecule has 0 aromatic carbocycles. The van der Waals surface area contributed by atoms with Crippen LogP contribution in [0.5, 0.6) is 0 Å². The van der Waals surface area contributed by atoms with Gasteiger partial charge in [-0.25, -0.2) is 4.98 Å². The molecule has 0 saturated carbocycles. The van der Waals surface area contributed by atoms with E-state index in [1.54, 1.807) is 0 Å². The highest BCUT2D eigenvalue weighted by atomic mass is 16.4. The first-order valence-electron chi connectivity index (χ1n) is 5.30. The number of nitrogens with zero attached hydrogens (tertiary/aromatic N) is 2. The maximum absolute atomic E-state index is 5.63. The lowest BCUT2D eigenvalue weighted by atomic mass is 10.3. The molecule has 0 unspecified atom stereocenters. The largest absolute Gasteiger partial charge is 0.429 e. The average Bonchev–Trinajstić information content (AvgIpc) is 2.85. The minimum Gasteiger partial charge on any atom is -0.429 e. The molecule has 78 valence electrons. The van der Waals surface area contributed by atoms with Gasteiger partial charge in [0.05, 0.1) is 6.20 Å². The third kappa shape index (κ3) is 2.07. The van der Waals surface area contributed by atoms with Crippen molar-refractivity contribution in [3.8, 4) is 0 Å². The molecule has 1 saturated heterocycles. The van der Waals surface area contributed by atoms with Gasteiger partial charge in [-0.15, -0.1) is 0 Å². The van der Waals surface area contributed by atoms with Gasteiger partial charge in [0.1, 0.15) is 5.76 Å². The fourth-order valence-electron chi connectivity index (χ4n) is 1.74. The van der Waals surface area contributed by atoms with E-state index in [1.807, 2.05) is 6.20 Å². The minimum absolute atomic E-state index is 0.708. The molecule has 1 aromatic rings. The Morgan fingerprint density at radius 2 is 2.21 bits per heavy atom. The standard InChI is InChI=1S/C10H17N3O/c11-5-3-4-9-8-12-10(14-9)13-6-1-2-7-13/h8H,1-7,11H2. The summed E-state index contributed by atoms with van der Waals surface area (Å²) in [7, 11) is 0. The minimum atomic E-state index is 0.708. The second-order valence-corrected chi connectivity index (χ2v) is 3.70. The van der Waals surface area contributed by atoms with Crippen LogP contribution >= 0.6 is 0 Å². The monoisotopic (exact) mass is 195 g/mol. The third-order valence-electron chi connectivity index (χ3n) is 2.55. The molecule has 4 heteroatoms. The number of oxazole rings is 1. The number of hydrogen-bond donors (Lipinski definition) is 1. The van der Waals surface area contributed by atoms with Crippen molar-refractivity contribution in [2.24, 2.45) is 5.73 Å². The number of anilines is 1. The van der Waals surface area contributed by atoms with Gasteiger partial charge in [-0.3, -0.25) is 0 Å². The molecule has 0 amide bonds. The van der Waals surface area contributed by atoms with Crippen molar-refractivity contribution in [3.63, 3.8) is 0 Å². The van der Waals surface area contributed by atoms with Gasteiger partial charge in [-0.1, -0.05) is 0 Å². The number of rotatable bonds is 4. The van der Waals surface area contributed by atoms with Crippen LogP contribution in [-0.4, -0.2) is 24.6 Å². The summed E-state index contributed by atoms with van der Waals surface area (Å²) < 4.78 is 5.63. The Bertz CT molecular complexity index is 279. The van der Waals surface area contributed by atoms with Gasteiger partial charge in [0.25, 0.3) is 6.01 Å². The number of nitrogens with two attached hydrogens (primary N) is 1. The molecule has 0 atom stereocenters. The average molecular weight is 195 g/mol. The maximum Gasteiger partial charge on any atom is 0.297 e. The van der Waals surface area contributed by atoms with E-state index in [2.05, 4.69) is 9.88 Å². The predicted molar refractivity (Wildman–Crippen MR) is 55.3 cm³/mol. The SMILES string of the molecule is NCCCc1cnc(N2CCCC2)o1. The Morgan fingerprint density at radius 1 is 1.43 bits per heavy atom. The summed E-state index contributed by atoms with van der Waals surface area (Å²) in [5, 5.41) is 0. The Balaban J connectivity index is 1.94. The van der Waals surface area contributed by atoms with Crippen LogP contribution in [0.3, 0.4) is 0 Å². The van der Waals surface area contributed by atoms with Gasteiger partial charge >= 0.3 is 0 Å². The summed E-state index contributed by atoms with van der Waals surface area (Å²) in [5.74, 6) is 0.956. The summed E-state index contributed by atoms with van der Waals surface area (Å²) in [6, 6.07) is 0.787. The van der Waals surface area contributed by atoms with Crippen molar-refractivity contribution in [3.05, 3.63) is 12.0 Å². The normalized spacial score (nSPS) is 16.5. The lowest BCUT2D eigenvalue weighted by Gasteiger charge is -2.10. The van der Waals surface area contributed by atoms with E-state index in [9.17, 15) is 0 Å². The molecule has 0 spiro atoms. The van der Waals surface area contributed by atoms with E-state index in [4.69, 9.17) is 10.2 Å². The molecular formula is C10H17N3O. The first kappa shape index (κ1) is 9.52. The first-order valence-corrected chi connectivity index (χ1v) is 5.30. The van der Waals surface area contributed by atoms with Crippen molar-refractivity contribution in [2.45, 2.75) is 25.7 Å². The topological polar surface area (TPSA) is 55.3 Å². The quantitative estimate of drug-likeness (QED) is 0.783. The number of hydrogen-bond acceptors (Lipinski definition) is 4. The van der Waals surface area contributed by atoms with Crippen LogP contribution in [0.15, 0.2) is 10.6 Å². The summed E-state index contributed by atoms with van der Waals surface area (Å²) in [5.41, 5.74) is 5.43. The second kappa shape index (κ2) is 4.46. The van der Waals surface area contributed by atoms with E-state index >= 15 is 0 Å². The highest BCUT2D eigenvalue weighted by Gasteiger charge is 2.16. The zero-order valence-corrected chi connectivity index (χ0v) is 8.41. The zero-order valence-electron chi connectivity index (χ0n) is 8.41. The van der Waals surface area contributed by atoms with Crippen LogP contribution < -0.4 is 10.6 Å². The Kier molecular flexibility index (Phi) is 3.03. The lowest BCUT2D eigenvalue weighted by Crippen LogP contribution is -2.17. The summed E-state index contributed by atoms with van der Waals surface area (Å²) in [4.78, 5) is 6.47. The van der Waals surface area contributed by atoms with Gasteiger partial charge in [-0.05, 0) is 25.8 Å². The molecule has 0 radical (unpaired) electrons. The summed E-state index contributed by atoms with van der Waals surface area (Å²) in [6.07, 6.45) is 6.19. The van der Waals surface area contributed by atoms with E-state index < -0.39 is 0 Å². The lowest BCUT2D eigenvalue weighted by molar-refractivity contribution is 0.494. The summed E-state index contributed by atoms with van der Waals surface area (Å²) in [6.45, 7) is 2.87. The molecule has 1 aromatic heterocycles. The van der Waals surface area contributed by atoms with E-state index in [1.165, 1.54) is 12.8 Å². The van der Waals surface area contributed by atoms with E-state index in [0.29, 0.717) is 6.54 Å². The van der Waals surface area contributed by atoms with Crippen LogP contribution in [0.2, 0.25) is 0 Å². The van der Waals surface area contributed by atoms with Gasteiger partial charge in [0, 0.05) is 19.5 Å². The highest BCUT2D eigenvalue weighted by Crippen LogP contribution is 2.20. The second-order valence-electron chi connectivity index (χ2n) is 3.70. The summed E-state index contributed by atoms with van der Waals surface area (Å²) >= 11 is 0. The first-order chi connectivity index (χ1) is 6.90.